The van der Waals surface area contributed by atoms with Gasteiger partial charge in [-0.25, -0.2) is 13.8 Å². The van der Waals surface area contributed by atoms with E-state index >= 15 is 0 Å². The van der Waals surface area contributed by atoms with Crippen LogP contribution in [-0.2, 0) is 0 Å². The van der Waals surface area contributed by atoms with Crippen LogP contribution in [0.15, 0.2) is 46.3 Å². The van der Waals surface area contributed by atoms with Crippen LogP contribution >= 0.6 is 11.8 Å². The standard InChI is InChI=1S/C12H6F2N2S/c13-8-4-5-10(14)11(6-8)17-12-3-1-2-9(7-15)16-12/h1-6H. The van der Waals surface area contributed by atoms with Crippen molar-refractivity contribution in [1.29, 1.82) is 5.26 Å². The molecule has 0 aliphatic heterocycles. The molecule has 0 amide bonds. The Balaban J connectivity index is 2.31. The van der Waals surface area contributed by atoms with Gasteiger partial charge in [0.1, 0.15) is 28.4 Å². The summed E-state index contributed by atoms with van der Waals surface area (Å²) >= 11 is 0.981. The Morgan fingerprint density at radius 2 is 2.00 bits per heavy atom. The highest BCUT2D eigenvalue weighted by molar-refractivity contribution is 7.99. The SMILES string of the molecule is N#Cc1cccc(Sc2cc(F)ccc2F)n1. The molecule has 0 aliphatic rings. The predicted molar refractivity (Wildman–Crippen MR) is 59.4 cm³/mol. The number of halogens is 2. The van der Waals surface area contributed by atoms with Gasteiger partial charge in [-0.15, -0.1) is 0 Å². The molecule has 1 aromatic carbocycles. The summed E-state index contributed by atoms with van der Waals surface area (Å²) < 4.78 is 26.3. The molecule has 0 saturated carbocycles. The van der Waals surface area contributed by atoms with E-state index in [0.717, 1.165) is 30.0 Å². The van der Waals surface area contributed by atoms with Crippen molar-refractivity contribution in [1.82, 2.24) is 4.98 Å². The van der Waals surface area contributed by atoms with Crippen molar-refractivity contribution >= 4 is 11.8 Å². The van der Waals surface area contributed by atoms with E-state index in [-0.39, 0.29) is 10.6 Å². The molecule has 0 bridgehead atoms. The third-order valence-electron chi connectivity index (χ3n) is 1.95. The average molecular weight is 248 g/mol. The second kappa shape index (κ2) is 4.93. The fraction of sp³-hybridized carbons (Fsp3) is 0. The molecule has 5 heteroatoms. The normalized spacial score (nSPS) is 9.94. The van der Waals surface area contributed by atoms with E-state index in [1.165, 1.54) is 0 Å². The van der Waals surface area contributed by atoms with Gasteiger partial charge in [0.05, 0.1) is 4.90 Å². The highest BCUT2D eigenvalue weighted by Gasteiger charge is 2.07. The molecule has 0 N–H and O–H groups in total. The first-order valence-corrected chi connectivity index (χ1v) is 5.51. The van der Waals surface area contributed by atoms with Crippen LogP contribution in [0.4, 0.5) is 8.78 Å². The summed E-state index contributed by atoms with van der Waals surface area (Å²) in [6, 6.07) is 9.93. The lowest BCUT2D eigenvalue weighted by atomic mass is 10.3. The van der Waals surface area contributed by atoms with Crippen LogP contribution < -0.4 is 0 Å². The summed E-state index contributed by atoms with van der Waals surface area (Å²) in [6.45, 7) is 0. The average Bonchev–Trinajstić information content (AvgIpc) is 2.34. The van der Waals surface area contributed by atoms with E-state index < -0.39 is 11.6 Å². The van der Waals surface area contributed by atoms with E-state index in [0.29, 0.717) is 5.03 Å². The monoisotopic (exact) mass is 248 g/mol. The molecule has 17 heavy (non-hydrogen) atoms. The minimum Gasteiger partial charge on any atom is -0.230 e. The Morgan fingerprint density at radius 1 is 1.18 bits per heavy atom. The summed E-state index contributed by atoms with van der Waals surface area (Å²) in [5.41, 5.74) is 0.242. The lowest BCUT2D eigenvalue weighted by Gasteiger charge is -2.02. The first kappa shape index (κ1) is 11.6. The number of rotatable bonds is 2. The lowest BCUT2D eigenvalue weighted by molar-refractivity contribution is 0.577. The third-order valence-corrected chi connectivity index (χ3v) is 2.92. The zero-order chi connectivity index (χ0) is 12.3. The quantitative estimate of drug-likeness (QED) is 0.817. The van der Waals surface area contributed by atoms with Crippen LogP contribution in [0.3, 0.4) is 0 Å². The Morgan fingerprint density at radius 3 is 2.76 bits per heavy atom. The van der Waals surface area contributed by atoms with E-state index in [4.69, 9.17) is 5.26 Å². The maximum atomic E-state index is 13.4. The number of aromatic nitrogens is 1. The van der Waals surface area contributed by atoms with Crippen molar-refractivity contribution < 1.29 is 8.78 Å². The van der Waals surface area contributed by atoms with Crippen molar-refractivity contribution in [3.63, 3.8) is 0 Å². The maximum Gasteiger partial charge on any atom is 0.141 e. The van der Waals surface area contributed by atoms with Crippen molar-refractivity contribution in [2.45, 2.75) is 9.92 Å². The number of nitrogens with zero attached hydrogens (tertiary/aromatic N) is 2. The third kappa shape index (κ3) is 2.80. The summed E-state index contributed by atoms with van der Waals surface area (Å²) in [5.74, 6) is -1.02. The topological polar surface area (TPSA) is 36.7 Å². The molecule has 1 aromatic heterocycles. The summed E-state index contributed by atoms with van der Waals surface area (Å²) in [6.07, 6.45) is 0. The zero-order valence-corrected chi connectivity index (χ0v) is 9.34. The first-order valence-electron chi connectivity index (χ1n) is 4.69. The molecule has 2 nitrogen and oxygen atoms in total. The Hall–Kier alpha value is -1.93. The summed E-state index contributed by atoms with van der Waals surface area (Å²) in [7, 11) is 0. The highest BCUT2D eigenvalue weighted by Crippen LogP contribution is 2.28. The Bertz CT molecular complexity index is 593. The number of hydrogen-bond donors (Lipinski definition) is 0. The Labute approximate surface area is 101 Å². The van der Waals surface area contributed by atoms with Crippen LogP contribution in [0, 0.1) is 23.0 Å². The molecular formula is C12H6F2N2S. The highest BCUT2D eigenvalue weighted by atomic mass is 32.2. The molecule has 0 spiro atoms. The van der Waals surface area contributed by atoms with Gasteiger partial charge in [-0.2, -0.15) is 5.26 Å². The molecule has 1 heterocycles. The van der Waals surface area contributed by atoms with Gasteiger partial charge in [-0.1, -0.05) is 17.8 Å². The molecule has 0 atom stereocenters. The molecule has 0 saturated heterocycles. The predicted octanol–water partition coefficient (Wildman–Crippen LogP) is 3.38. The largest absolute Gasteiger partial charge is 0.230 e. The van der Waals surface area contributed by atoms with Crippen LogP contribution in [0.5, 0.6) is 0 Å². The van der Waals surface area contributed by atoms with Crippen molar-refractivity contribution in [3.8, 4) is 6.07 Å². The molecule has 2 rings (SSSR count). The van der Waals surface area contributed by atoms with Crippen molar-refractivity contribution in [3.05, 3.63) is 53.7 Å². The second-order valence-corrected chi connectivity index (χ2v) is 4.21. The van der Waals surface area contributed by atoms with Crippen LogP contribution in [0.2, 0.25) is 0 Å². The molecular weight excluding hydrogens is 242 g/mol. The van der Waals surface area contributed by atoms with Gasteiger partial charge in [0.15, 0.2) is 0 Å². The van der Waals surface area contributed by atoms with Gasteiger partial charge in [0.25, 0.3) is 0 Å². The zero-order valence-electron chi connectivity index (χ0n) is 8.52. The lowest BCUT2D eigenvalue weighted by Crippen LogP contribution is -1.87. The molecule has 0 aliphatic carbocycles. The Kier molecular flexibility index (Phi) is 3.35. The van der Waals surface area contributed by atoms with E-state index in [1.807, 2.05) is 6.07 Å². The molecule has 2 aromatic rings. The van der Waals surface area contributed by atoms with Gasteiger partial charge >= 0.3 is 0 Å². The molecule has 84 valence electrons. The smallest absolute Gasteiger partial charge is 0.141 e. The van der Waals surface area contributed by atoms with Crippen molar-refractivity contribution in [2.24, 2.45) is 0 Å². The first-order chi connectivity index (χ1) is 8.19. The fourth-order valence-corrected chi connectivity index (χ4v) is 2.05. The van der Waals surface area contributed by atoms with Gasteiger partial charge in [-0.05, 0) is 30.3 Å². The van der Waals surface area contributed by atoms with Gasteiger partial charge < -0.3 is 0 Å². The second-order valence-electron chi connectivity index (χ2n) is 3.15. The minimum atomic E-state index is -0.513. The van der Waals surface area contributed by atoms with E-state index in [9.17, 15) is 8.78 Å². The van der Waals surface area contributed by atoms with Gasteiger partial charge in [0, 0.05) is 0 Å². The van der Waals surface area contributed by atoms with E-state index in [1.54, 1.807) is 18.2 Å². The number of hydrogen-bond acceptors (Lipinski definition) is 3. The fourth-order valence-electron chi connectivity index (χ4n) is 1.20. The molecule has 0 radical (unpaired) electrons. The summed E-state index contributed by atoms with van der Waals surface area (Å²) in [4.78, 5) is 4.12. The number of nitriles is 1. The van der Waals surface area contributed by atoms with Crippen LogP contribution in [0.1, 0.15) is 5.69 Å². The van der Waals surface area contributed by atoms with Crippen LogP contribution in [-0.4, -0.2) is 4.98 Å². The molecule has 0 unspecified atom stereocenters. The van der Waals surface area contributed by atoms with Gasteiger partial charge in [0.2, 0.25) is 0 Å². The number of benzene rings is 1. The van der Waals surface area contributed by atoms with Crippen molar-refractivity contribution in [2.75, 3.05) is 0 Å². The van der Waals surface area contributed by atoms with Crippen LogP contribution in [0.25, 0.3) is 0 Å². The maximum absolute atomic E-state index is 13.4. The number of pyridine rings is 1. The van der Waals surface area contributed by atoms with Gasteiger partial charge in [-0.3, -0.25) is 0 Å². The minimum absolute atomic E-state index is 0.146. The molecule has 0 fully saturated rings. The van der Waals surface area contributed by atoms with E-state index in [2.05, 4.69) is 4.98 Å². The summed E-state index contributed by atoms with van der Waals surface area (Å²) in [5, 5.41) is 9.12.